The van der Waals surface area contributed by atoms with Crippen molar-refractivity contribution in [2.24, 2.45) is 0 Å². The van der Waals surface area contributed by atoms with Crippen LogP contribution in [0.1, 0.15) is 36.8 Å². The number of thiophene rings is 1. The van der Waals surface area contributed by atoms with Crippen molar-refractivity contribution in [2.45, 2.75) is 32.4 Å². The zero-order valence-electron chi connectivity index (χ0n) is 15.7. The Morgan fingerprint density at radius 3 is 2.57 bits per heavy atom. The van der Waals surface area contributed by atoms with Gasteiger partial charge in [-0.2, -0.15) is 0 Å². The van der Waals surface area contributed by atoms with Crippen molar-refractivity contribution >= 4 is 44.7 Å². The van der Waals surface area contributed by atoms with Crippen LogP contribution in [0, 0.1) is 0 Å². The minimum absolute atomic E-state index is 0.112. The number of likely N-dealkylation sites (tertiary alicyclic amines) is 1. The highest BCUT2D eigenvalue weighted by Crippen LogP contribution is 2.41. The van der Waals surface area contributed by atoms with Crippen molar-refractivity contribution in [1.82, 2.24) is 4.90 Å². The molecule has 1 fully saturated rings. The van der Waals surface area contributed by atoms with E-state index in [0.717, 1.165) is 9.35 Å². The van der Waals surface area contributed by atoms with Gasteiger partial charge in [-0.3, -0.25) is 9.59 Å². The molecule has 1 aliphatic rings. The standard InChI is InChI=1S/C21H22BrNO4S/c1-13(2)27-11-4-10-23-18(16-5-3-12-28-16)17(20(25)21(23)26)19(24)14-6-8-15(22)9-7-14/h3,5-9,12-13,18,24H,4,10-11H2,1-2H3/t18-/m1/s1. The number of ketones is 1. The van der Waals surface area contributed by atoms with Gasteiger partial charge < -0.3 is 14.7 Å². The third-order valence-electron chi connectivity index (χ3n) is 4.46. The molecule has 1 N–H and O–H groups in total. The molecule has 1 atom stereocenters. The first-order chi connectivity index (χ1) is 13.4. The van der Waals surface area contributed by atoms with Gasteiger partial charge in [-0.1, -0.05) is 34.1 Å². The lowest BCUT2D eigenvalue weighted by Crippen LogP contribution is -2.31. The predicted molar refractivity (Wildman–Crippen MR) is 113 cm³/mol. The van der Waals surface area contributed by atoms with Gasteiger partial charge in [-0.25, -0.2) is 0 Å². The van der Waals surface area contributed by atoms with Crippen molar-refractivity contribution in [1.29, 1.82) is 0 Å². The SMILES string of the molecule is CC(C)OCCCN1C(=O)C(=O)C(=C(O)c2ccc(Br)cc2)[C@H]1c1cccs1. The van der Waals surface area contributed by atoms with Gasteiger partial charge in [0.25, 0.3) is 11.7 Å². The van der Waals surface area contributed by atoms with Crippen molar-refractivity contribution in [3.8, 4) is 0 Å². The van der Waals surface area contributed by atoms with Crippen molar-refractivity contribution in [2.75, 3.05) is 13.2 Å². The number of nitrogens with zero attached hydrogens (tertiary/aromatic N) is 1. The first-order valence-corrected chi connectivity index (χ1v) is 10.8. The van der Waals surface area contributed by atoms with Crippen molar-refractivity contribution in [3.63, 3.8) is 0 Å². The summed E-state index contributed by atoms with van der Waals surface area (Å²) in [7, 11) is 0. The molecule has 2 aromatic rings. The Morgan fingerprint density at radius 1 is 1.25 bits per heavy atom. The highest BCUT2D eigenvalue weighted by Gasteiger charge is 2.46. The number of carbonyl (C=O) groups is 2. The average molecular weight is 464 g/mol. The molecule has 1 aromatic carbocycles. The van der Waals surface area contributed by atoms with Crippen LogP contribution in [0.3, 0.4) is 0 Å². The Morgan fingerprint density at radius 2 is 1.96 bits per heavy atom. The smallest absolute Gasteiger partial charge is 0.295 e. The zero-order chi connectivity index (χ0) is 20.3. The number of benzene rings is 1. The first kappa shape index (κ1) is 20.8. The van der Waals surface area contributed by atoms with Crippen LogP contribution in [0.25, 0.3) is 5.76 Å². The summed E-state index contributed by atoms with van der Waals surface area (Å²) in [5.74, 6) is -1.38. The monoisotopic (exact) mass is 463 g/mol. The van der Waals surface area contributed by atoms with E-state index in [9.17, 15) is 14.7 Å². The van der Waals surface area contributed by atoms with Crippen LogP contribution in [0.5, 0.6) is 0 Å². The van der Waals surface area contributed by atoms with Crippen LogP contribution in [-0.4, -0.2) is 41.0 Å². The second kappa shape index (κ2) is 9.03. The number of Topliss-reactive ketones (excluding diaryl/α,β-unsaturated/α-hetero) is 1. The molecule has 5 nitrogen and oxygen atoms in total. The molecule has 28 heavy (non-hydrogen) atoms. The maximum Gasteiger partial charge on any atom is 0.295 e. The molecule has 1 aliphatic heterocycles. The zero-order valence-corrected chi connectivity index (χ0v) is 18.1. The summed E-state index contributed by atoms with van der Waals surface area (Å²) in [4.78, 5) is 27.9. The van der Waals surface area contributed by atoms with E-state index in [1.807, 2.05) is 31.4 Å². The number of hydrogen-bond donors (Lipinski definition) is 1. The summed E-state index contributed by atoms with van der Waals surface area (Å²) in [6.45, 7) is 4.80. The van der Waals surface area contributed by atoms with E-state index in [1.165, 1.54) is 11.3 Å². The van der Waals surface area contributed by atoms with Crippen LogP contribution < -0.4 is 0 Å². The summed E-state index contributed by atoms with van der Waals surface area (Å²) >= 11 is 4.82. The largest absolute Gasteiger partial charge is 0.507 e. The molecule has 0 aliphatic carbocycles. The highest BCUT2D eigenvalue weighted by atomic mass is 79.9. The lowest BCUT2D eigenvalue weighted by molar-refractivity contribution is -0.140. The minimum atomic E-state index is -0.649. The normalized spacial score (nSPS) is 19.0. The van der Waals surface area contributed by atoms with Crippen LogP contribution in [0.15, 0.2) is 51.8 Å². The Kier molecular flexibility index (Phi) is 6.69. The molecule has 0 radical (unpaired) electrons. The lowest BCUT2D eigenvalue weighted by atomic mass is 10.00. The van der Waals surface area contributed by atoms with Crippen LogP contribution in [0.4, 0.5) is 0 Å². The van der Waals surface area contributed by atoms with E-state index in [2.05, 4.69) is 15.9 Å². The van der Waals surface area contributed by atoms with Gasteiger partial charge in [0.2, 0.25) is 0 Å². The molecule has 0 bridgehead atoms. The molecule has 148 valence electrons. The summed E-state index contributed by atoms with van der Waals surface area (Å²) in [5.41, 5.74) is 0.644. The molecular formula is C21H22BrNO4S. The molecule has 1 saturated heterocycles. The number of carbonyl (C=O) groups excluding carboxylic acids is 2. The summed E-state index contributed by atoms with van der Waals surface area (Å²) in [6.07, 6.45) is 0.728. The van der Waals surface area contributed by atoms with Gasteiger partial charge in [0.15, 0.2) is 0 Å². The third kappa shape index (κ3) is 4.37. The second-order valence-electron chi connectivity index (χ2n) is 6.79. The lowest BCUT2D eigenvalue weighted by Gasteiger charge is -2.24. The van der Waals surface area contributed by atoms with Gasteiger partial charge in [0.05, 0.1) is 17.7 Å². The number of aliphatic hydroxyl groups is 1. The highest BCUT2D eigenvalue weighted by molar-refractivity contribution is 9.10. The average Bonchev–Trinajstić information content (AvgIpc) is 3.27. The molecule has 1 aromatic heterocycles. The predicted octanol–water partition coefficient (Wildman–Crippen LogP) is 4.75. The Labute approximate surface area is 176 Å². The van der Waals surface area contributed by atoms with Crippen molar-refractivity contribution < 1.29 is 19.4 Å². The van der Waals surface area contributed by atoms with Crippen LogP contribution in [0.2, 0.25) is 0 Å². The van der Waals surface area contributed by atoms with Crippen LogP contribution in [-0.2, 0) is 14.3 Å². The maximum atomic E-state index is 12.8. The van der Waals surface area contributed by atoms with Crippen LogP contribution >= 0.6 is 27.3 Å². The third-order valence-corrected chi connectivity index (χ3v) is 5.92. The van der Waals surface area contributed by atoms with Gasteiger partial charge in [0.1, 0.15) is 5.76 Å². The Bertz CT molecular complexity index is 874. The molecule has 3 rings (SSSR count). The molecule has 0 unspecified atom stereocenters. The maximum absolute atomic E-state index is 12.8. The molecular weight excluding hydrogens is 442 g/mol. The van der Waals surface area contributed by atoms with Gasteiger partial charge in [0, 0.05) is 28.1 Å². The van der Waals surface area contributed by atoms with E-state index in [0.29, 0.717) is 25.1 Å². The topological polar surface area (TPSA) is 66.8 Å². The number of hydrogen-bond acceptors (Lipinski definition) is 5. The molecule has 7 heteroatoms. The summed E-state index contributed by atoms with van der Waals surface area (Å²) in [6, 6.07) is 10.2. The fraction of sp³-hybridized carbons (Fsp3) is 0.333. The molecule has 0 saturated carbocycles. The van der Waals surface area contributed by atoms with E-state index in [1.54, 1.807) is 29.2 Å². The second-order valence-corrected chi connectivity index (χ2v) is 8.68. The van der Waals surface area contributed by atoms with Gasteiger partial charge in [-0.05, 0) is 43.8 Å². The summed E-state index contributed by atoms with van der Waals surface area (Å²) < 4.78 is 6.42. The fourth-order valence-corrected chi connectivity index (χ4v) is 4.28. The summed E-state index contributed by atoms with van der Waals surface area (Å²) in [5, 5.41) is 12.8. The number of aliphatic hydroxyl groups excluding tert-OH is 1. The van der Waals surface area contributed by atoms with E-state index < -0.39 is 17.7 Å². The van der Waals surface area contributed by atoms with Crippen molar-refractivity contribution in [3.05, 3.63) is 62.3 Å². The Balaban J connectivity index is 1.96. The minimum Gasteiger partial charge on any atom is -0.507 e. The molecule has 1 amide bonds. The quantitative estimate of drug-likeness (QED) is 0.278. The van der Waals surface area contributed by atoms with Gasteiger partial charge in [-0.15, -0.1) is 11.3 Å². The molecule has 0 spiro atoms. The number of amides is 1. The van der Waals surface area contributed by atoms with E-state index >= 15 is 0 Å². The molecule has 2 heterocycles. The fourth-order valence-electron chi connectivity index (χ4n) is 3.17. The number of ether oxygens (including phenoxy) is 1. The van der Waals surface area contributed by atoms with E-state index in [4.69, 9.17) is 4.74 Å². The Hall–Kier alpha value is -1.96. The number of rotatable bonds is 7. The first-order valence-electron chi connectivity index (χ1n) is 9.09. The van der Waals surface area contributed by atoms with E-state index in [-0.39, 0.29) is 17.4 Å². The van der Waals surface area contributed by atoms with Gasteiger partial charge >= 0.3 is 0 Å². The number of halogens is 1.